The lowest BCUT2D eigenvalue weighted by atomic mass is 9.92. The van der Waals surface area contributed by atoms with Crippen molar-refractivity contribution >= 4 is 5.91 Å². The van der Waals surface area contributed by atoms with E-state index in [4.69, 9.17) is 0 Å². The summed E-state index contributed by atoms with van der Waals surface area (Å²) in [6.07, 6.45) is 10.3. The largest absolute Gasteiger partial charge is 0.343 e. The van der Waals surface area contributed by atoms with E-state index in [1.807, 2.05) is 30.3 Å². The molecule has 2 aliphatic heterocycles. The van der Waals surface area contributed by atoms with Gasteiger partial charge in [0, 0.05) is 50.7 Å². The van der Waals surface area contributed by atoms with Gasteiger partial charge in [-0.15, -0.1) is 0 Å². The molecule has 1 atom stereocenters. The highest BCUT2D eigenvalue weighted by molar-refractivity contribution is 5.76. The summed E-state index contributed by atoms with van der Waals surface area (Å²) >= 11 is 0. The topological polar surface area (TPSA) is 44.6 Å². The van der Waals surface area contributed by atoms with E-state index in [1.54, 1.807) is 0 Å². The van der Waals surface area contributed by atoms with Gasteiger partial charge >= 0.3 is 0 Å². The summed E-state index contributed by atoms with van der Waals surface area (Å²) in [4.78, 5) is 24.2. The van der Waals surface area contributed by atoms with Crippen molar-refractivity contribution in [1.82, 2.24) is 24.3 Å². The van der Waals surface area contributed by atoms with Crippen molar-refractivity contribution in [3.63, 3.8) is 0 Å². The van der Waals surface area contributed by atoms with Crippen LogP contribution in [0.2, 0.25) is 0 Å². The van der Waals surface area contributed by atoms with E-state index < -0.39 is 0 Å². The van der Waals surface area contributed by atoms with Crippen molar-refractivity contribution in [2.24, 2.45) is 5.92 Å². The Labute approximate surface area is 186 Å². The number of carbonyl (C=O) groups is 1. The quantitative estimate of drug-likeness (QED) is 0.685. The number of hydrogen-bond donors (Lipinski definition) is 0. The highest BCUT2D eigenvalue weighted by Gasteiger charge is 2.26. The van der Waals surface area contributed by atoms with Crippen molar-refractivity contribution in [3.05, 3.63) is 48.4 Å². The van der Waals surface area contributed by atoms with E-state index in [0.29, 0.717) is 24.3 Å². The van der Waals surface area contributed by atoms with Gasteiger partial charge < -0.3 is 14.4 Å². The van der Waals surface area contributed by atoms with Crippen LogP contribution in [0.3, 0.4) is 0 Å². The molecule has 6 heteroatoms. The highest BCUT2D eigenvalue weighted by Crippen LogP contribution is 2.24. The van der Waals surface area contributed by atoms with Crippen LogP contribution in [0.4, 0.5) is 0 Å². The molecule has 1 amide bonds. The van der Waals surface area contributed by atoms with E-state index in [1.165, 1.54) is 18.5 Å². The number of nitrogens with zero attached hydrogens (tertiary/aromatic N) is 5. The predicted octanol–water partition coefficient (Wildman–Crippen LogP) is 3.42. The van der Waals surface area contributed by atoms with Gasteiger partial charge in [-0.25, -0.2) is 4.98 Å². The first kappa shape index (κ1) is 22.0. The Bertz CT molecular complexity index is 827. The maximum absolute atomic E-state index is 12.8. The molecule has 2 aromatic heterocycles. The van der Waals surface area contributed by atoms with Gasteiger partial charge in [-0.1, -0.05) is 6.07 Å². The first-order chi connectivity index (χ1) is 15.1. The predicted molar refractivity (Wildman–Crippen MR) is 124 cm³/mol. The number of aromatic nitrogens is 2. The Morgan fingerprint density at radius 3 is 2.74 bits per heavy atom. The number of carbonyl (C=O) groups excluding carboxylic acids is 1. The zero-order valence-electron chi connectivity index (χ0n) is 19.1. The van der Waals surface area contributed by atoms with Gasteiger partial charge in [0.25, 0.3) is 0 Å². The number of rotatable bonds is 7. The van der Waals surface area contributed by atoms with Gasteiger partial charge in [0.2, 0.25) is 5.91 Å². The van der Waals surface area contributed by atoms with Gasteiger partial charge in [0.05, 0.1) is 0 Å². The maximum atomic E-state index is 12.8. The zero-order valence-corrected chi connectivity index (χ0v) is 19.1. The van der Waals surface area contributed by atoms with Crippen molar-refractivity contribution in [2.45, 2.75) is 51.1 Å². The molecule has 2 aliphatic rings. The number of piperidine rings is 2. The molecule has 0 aliphatic carbocycles. The molecule has 6 nitrogen and oxygen atoms in total. The molecule has 0 aromatic carbocycles. The Kier molecular flexibility index (Phi) is 7.41. The van der Waals surface area contributed by atoms with Crippen LogP contribution in [0.5, 0.6) is 0 Å². The fraction of sp³-hybridized carbons (Fsp3) is 0.600. The monoisotopic (exact) mass is 423 g/mol. The lowest BCUT2D eigenvalue weighted by molar-refractivity contribution is -0.133. The van der Waals surface area contributed by atoms with Gasteiger partial charge in [0.1, 0.15) is 5.82 Å². The maximum Gasteiger partial charge on any atom is 0.222 e. The third kappa shape index (κ3) is 5.74. The molecule has 2 fully saturated rings. The number of pyridine rings is 1. The second-order valence-electron chi connectivity index (χ2n) is 9.38. The van der Waals surface area contributed by atoms with Gasteiger partial charge in [-0.3, -0.25) is 9.69 Å². The molecule has 0 saturated carbocycles. The Hall–Kier alpha value is -2.18. The van der Waals surface area contributed by atoms with E-state index in [0.717, 1.165) is 57.8 Å². The second-order valence-corrected chi connectivity index (χ2v) is 9.38. The third-order valence-corrected chi connectivity index (χ3v) is 7.11. The lowest BCUT2D eigenvalue weighted by Gasteiger charge is -2.36. The Morgan fingerprint density at radius 1 is 1.13 bits per heavy atom. The molecule has 168 valence electrons. The van der Waals surface area contributed by atoms with Crippen LogP contribution in [-0.2, 0) is 11.3 Å². The Morgan fingerprint density at radius 2 is 1.97 bits per heavy atom. The molecule has 0 unspecified atom stereocenters. The second kappa shape index (κ2) is 10.4. The summed E-state index contributed by atoms with van der Waals surface area (Å²) in [6.45, 7) is 5.34. The normalized spacial score (nSPS) is 21.3. The molecule has 0 spiro atoms. The third-order valence-electron chi connectivity index (χ3n) is 7.11. The van der Waals surface area contributed by atoms with Gasteiger partial charge in [0.15, 0.2) is 0 Å². The average Bonchev–Trinajstić information content (AvgIpc) is 3.26. The van der Waals surface area contributed by atoms with E-state index >= 15 is 0 Å². The minimum atomic E-state index is 0.329. The number of hydrogen-bond acceptors (Lipinski definition) is 4. The molecule has 0 bridgehead atoms. The number of likely N-dealkylation sites (tertiary alicyclic amines) is 2. The minimum Gasteiger partial charge on any atom is -0.343 e. The van der Waals surface area contributed by atoms with Crippen LogP contribution in [0.15, 0.2) is 42.7 Å². The molecule has 31 heavy (non-hydrogen) atoms. The summed E-state index contributed by atoms with van der Waals surface area (Å²) in [5.74, 6) is 1.91. The standard InChI is InChI=1S/C25H37N5O/c1-27-17-12-22(13-18-27)28(2)25(31)11-10-21-7-5-15-29(19-21)20-23-8-6-16-30(23)24-9-3-4-14-26-24/h3-4,6,8-9,14,16,21-22H,5,7,10-13,15,17-20H2,1-2H3/t21-/m1/s1. The summed E-state index contributed by atoms with van der Waals surface area (Å²) in [6, 6.07) is 10.7. The molecule has 4 rings (SSSR count). The van der Waals surface area contributed by atoms with Crippen LogP contribution in [0.1, 0.15) is 44.2 Å². The van der Waals surface area contributed by atoms with Crippen LogP contribution in [-0.4, -0.2) is 76.5 Å². The highest BCUT2D eigenvalue weighted by atomic mass is 16.2. The number of amides is 1. The summed E-state index contributed by atoms with van der Waals surface area (Å²) in [5.41, 5.74) is 1.28. The lowest BCUT2D eigenvalue weighted by Crippen LogP contribution is -2.44. The van der Waals surface area contributed by atoms with Gasteiger partial charge in [-0.05, 0) is 89.0 Å². The van der Waals surface area contributed by atoms with Gasteiger partial charge in [-0.2, -0.15) is 0 Å². The average molecular weight is 424 g/mol. The van der Waals surface area contributed by atoms with E-state index in [-0.39, 0.29) is 0 Å². The van der Waals surface area contributed by atoms with Crippen molar-refractivity contribution in [2.75, 3.05) is 40.3 Å². The zero-order chi connectivity index (χ0) is 21.6. The van der Waals surface area contributed by atoms with E-state index in [9.17, 15) is 4.79 Å². The summed E-state index contributed by atoms with van der Waals surface area (Å²) < 4.78 is 2.18. The summed E-state index contributed by atoms with van der Waals surface area (Å²) in [7, 11) is 4.18. The minimum absolute atomic E-state index is 0.329. The molecule has 0 radical (unpaired) electrons. The van der Waals surface area contributed by atoms with Crippen molar-refractivity contribution < 1.29 is 4.79 Å². The van der Waals surface area contributed by atoms with Crippen molar-refractivity contribution in [1.29, 1.82) is 0 Å². The summed E-state index contributed by atoms with van der Waals surface area (Å²) in [5, 5.41) is 0. The molecule has 4 heterocycles. The van der Waals surface area contributed by atoms with Crippen LogP contribution < -0.4 is 0 Å². The molecule has 2 aromatic rings. The first-order valence-electron chi connectivity index (χ1n) is 11.8. The SMILES string of the molecule is CN1CCC(N(C)C(=O)CC[C@H]2CCCN(Cc3cccn3-c3ccccn3)C2)CC1. The molecular formula is C25H37N5O. The van der Waals surface area contributed by atoms with Crippen LogP contribution in [0.25, 0.3) is 5.82 Å². The fourth-order valence-electron chi connectivity index (χ4n) is 5.11. The van der Waals surface area contributed by atoms with E-state index in [2.05, 4.69) is 50.8 Å². The Balaban J connectivity index is 1.27. The smallest absolute Gasteiger partial charge is 0.222 e. The van der Waals surface area contributed by atoms with Crippen molar-refractivity contribution in [3.8, 4) is 5.82 Å². The fourth-order valence-corrected chi connectivity index (χ4v) is 5.11. The molecular weight excluding hydrogens is 386 g/mol. The molecule has 0 N–H and O–H groups in total. The molecule has 2 saturated heterocycles. The van der Waals surface area contributed by atoms with Crippen LogP contribution in [0, 0.1) is 5.92 Å². The first-order valence-corrected chi connectivity index (χ1v) is 11.8. The van der Waals surface area contributed by atoms with Crippen LogP contribution >= 0.6 is 0 Å².